The van der Waals surface area contributed by atoms with Gasteiger partial charge in [0, 0.05) is 30.4 Å². The smallest absolute Gasteiger partial charge is 0.242 e. The molecule has 7 heteroatoms. The molecule has 1 rings (SSSR count). The first-order chi connectivity index (χ1) is 12.2. The number of amides is 1. The standard InChI is InChI=1S/C20H35N5O.HI/c1-7-21-19(23-14-18(26)25-20(4,5)6)22-13-17(15(2)3)24-16-11-9-8-10-12-16;/h8-12,15,17,24H,7,13-14H2,1-6H3,(H,25,26)(H2,21,22,23);1H. The van der Waals surface area contributed by atoms with Crippen molar-refractivity contribution in [2.75, 3.05) is 25.0 Å². The zero-order valence-corrected chi connectivity index (χ0v) is 19.8. The molecule has 1 atom stereocenters. The second kappa shape index (κ2) is 12.8. The van der Waals surface area contributed by atoms with Crippen molar-refractivity contribution in [3.05, 3.63) is 30.3 Å². The van der Waals surface area contributed by atoms with Gasteiger partial charge in [0.05, 0.1) is 0 Å². The van der Waals surface area contributed by atoms with Crippen molar-refractivity contribution in [1.29, 1.82) is 0 Å². The van der Waals surface area contributed by atoms with Crippen molar-refractivity contribution < 1.29 is 4.79 Å². The molecule has 0 radical (unpaired) electrons. The molecule has 0 fully saturated rings. The van der Waals surface area contributed by atoms with Crippen molar-refractivity contribution in [3.63, 3.8) is 0 Å². The van der Waals surface area contributed by atoms with Crippen LogP contribution in [0.1, 0.15) is 41.5 Å². The molecule has 6 nitrogen and oxygen atoms in total. The van der Waals surface area contributed by atoms with E-state index >= 15 is 0 Å². The minimum atomic E-state index is -0.249. The number of carbonyl (C=O) groups is 1. The Morgan fingerprint density at radius 3 is 2.26 bits per heavy atom. The van der Waals surface area contributed by atoms with E-state index in [0.29, 0.717) is 18.4 Å². The van der Waals surface area contributed by atoms with Gasteiger partial charge in [0.25, 0.3) is 0 Å². The summed E-state index contributed by atoms with van der Waals surface area (Å²) in [5.41, 5.74) is 0.847. The molecule has 0 aromatic heterocycles. The third-order valence-corrected chi connectivity index (χ3v) is 3.66. The molecule has 0 aliphatic carbocycles. The van der Waals surface area contributed by atoms with Gasteiger partial charge < -0.3 is 21.3 Å². The first kappa shape index (κ1) is 25.5. The van der Waals surface area contributed by atoms with E-state index in [4.69, 9.17) is 0 Å². The van der Waals surface area contributed by atoms with E-state index in [1.165, 1.54) is 0 Å². The lowest BCUT2D eigenvalue weighted by Crippen LogP contribution is -2.46. The number of nitrogens with one attached hydrogen (secondary N) is 4. The number of hydrogen-bond donors (Lipinski definition) is 4. The Hall–Kier alpha value is -1.51. The number of carbonyl (C=O) groups excluding carboxylic acids is 1. The van der Waals surface area contributed by atoms with E-state index in [-0.39, 0.29) is 48.0 Å². The normalized spacial score (nSPS) is 12.8. The molecule has 0 spiro atoms. The molecular weight excluding hydrogens is 453 g/mol. The van der Waals surface area contributed by atoms with E-state index in [2.05, 4.69) is 52.2 Å². The van der Waals surface area contributed by atoms with Gasteiger partial charge in [0.15, 0.2) is 5.96 Å². The molecule has 1 aromatic rings. The van der Waals surface area contributed by atoms with Crippen LogP contribution >= 0.6 is 24.0 Å². The topological polar surface area (TPSA) is 77.5 Å². The first-order valence-electron chi connectivity index (χ1n) is 9.36. The molecule has 1 aromatic carbocycles. The van der Waals surface area contributed by atoms with E-state index in [9.17, 15) is 4.79 Å². The highest BCUT2D eigenvalue weighted by atomic mass is 127. The molecule has 0 aliphatic heterocycles. The molecule has 0 heterocycles. The zero-order valence-electron chi connectivity index (χ0n) is 17.4. The Bertz CT molecular complexity index is 569. The van der Waals surface area contributed by atoms with Crippen LogP contribution in [0.4, 0.5) is 5.69 Å². The van der Waals surface area contributed by atoms with Gasteiger partial charge in [-0.3, -0.25) is 4.79 Å². The summed E-state index contributed by atoms with van der Waals surface area (Å²) in [5.74, 6) is 1.00. The Morgan fingerprint density at radius 1 is 1.11 bits per heavy atom. The molecule has 1 unspecified atom stereocenters. The number of para-hydroxylation sites is 1. The monoisotopic (exact) mass is 489 g/mol. The second-order valence-electron chi connectivity index (χ2n) is 7.74. The third kappa shape index (κ3) is 11.7. The molecule has 0 saturated heterocycles. The summed E-state index contributed by atoms with van der Waals surface area (Å²) in [4.78, 5) is 16.4. The number of anilines is 1. The quantitative estimate of drug-likeness (QED) is 0.257. The average Bonchev–Trinajstić information content (AvgIpc) is 2.55. The maximum Gasteiger partial charge on any atom is 0.242 e. The maximum atomic E-state index is 12.0. The summed E-state index contributed by atoms with van der Waals surface area (Å²) >= 11 is 0. The van der Waals surface area contributed by atoms with Crippen molar-refractivity contribution in [3.8, 4) is 0 Å². The van der Waals surface area contributed by atoms with Crippen LogP contribution in [0.5, 0.6) is 0 Å². The second-order valence-corrected chi connectivity index (χ2v) is 7.74. The van der Waals surface area contributed by atoms with Gasteiger partial charge in [-0.2, -0.15) is 0 Å². The van der Waals surface area contributed by atoms with Gasteiger partial charge >= 0.3 is 0 Å². The van der Waals surface area contributed by atoms with Crippen LogP contribution in [0.15, 0.2) is 35.3 Å². The van der Waals surface area contributed by atoms with Gasteiger partial charge in [0.2, 0.25) is 5.91 Å². The number of nitrogens with zero attached hydrogens (tertiary/aromatic N) is 1. The highest BCUT2D eigenvalue weighted by molar-refractivity contribution is 14.0. The lowest BCUT2D eigenvalue weighted by atomic mass is 10.0. The fourth-order valence-corrected chi connectivity index (χ4v) is 2.36. The lowest BCUT2D eigenvalue weighted by Gasteiger charge is -2.25. The molecule has 0 bridgehead atoms. The number of halogens is 1. The van der Waals surface area contributed by atoms with Crippen LogP contribution < -0.4 is 21.3 Å². The minimum absolute atomic E-state index is 0. The molecular formula is C20H36IN5O. The SMILES string of the molecule is CCNC(=NCC(=O)NC(C)(C)C)NCC(Nc1ccccc1)C(C)C.I. The molecule has 0 saturated carbocycles. The highest BCUT2D eigenvalue weighted by Crippen LogP contribution is 2.11. The Balaban J connectivity index is 0.00000676. The summed E-state index contributed by atoms with van der Waals surface area (Å²) in [6, 6.07) is 10.4. The molecule has 27 heavy (non-hydrogen) atoms. The van der Waals surface area contributed by atoms with Gasteiger partial charge in [-0.15, -0.1) is 24.0 Å². The molecule has 1 amide bonds. The Kier molecular flexibility index (Phi) is 12.1. The van der Waals surface area contributed by atoms with Gasteiger partial charge in [-0.25, -0.2) is 4.99 Å². The predicted octanol–water partition coefficient (Wildman–Crippen LogP) is 3.21. The predicted molar refractivity (Wildman–Crippen MR) is 126 cm³/mol. The van der Waals surface area contributed by atoms with Gasteiger partial charge in [-0.1, -0.05) is 32.0 Å². The van der Waals surface area contributed by atoms with E-state index < -0.39 is 0 Å². The number of aliphatic imine (C=N–C) groups is 1. The van der Waals surface area contributed by atoms with Crippen LogP contribution in [0.3, 0.4) is 0 Å². The maximum absolute atomic E-state index is 12.0. The highest BCUT2D eigenvalue weighted by Gasteiger charge is 2.15. The molecule has 4 N–H and O–H groups in total. The fourth-order valence-electron chi connectivity index (χ4n) is 2.36. The lowest BCUT2D eigenvalue weighted by molar-refractivity contribution is -0.121. The minimum Gasteiger partial charge on any atom is -0.380 e. The number of benzene rings is 1. The van der Waals surface area contributed by atoms with Crippen LogP contribution in [0.2, 0.25) is 0 Å². The summed E-state index contributed by atoms with van der Waals surface area (Å²) < 4.78 is 0. The van der Waals surface area contributed by atoms with Crippen LogP contribution in [-0.2, 0) is 4.79 Å². The summed E-state index contributed by atoms with van der Waals surface area (Å²) in [6.45, 7) is 13.8. The fraction of sp³-hybridized carbons (Fsp3) is 0.600. The van der Waals surface area contributed by atoms with Crippen molar-refractivity contribution in [1.82, 2.24) is 16.0 Å². The van der Waals surface area contributed by atoms with Gasteiger partial charge in [0.1, 0.15) is 6.54 Å². The number of guanidine groups is 1. The third-order valence-electron chi connectivity index (χ3n) is 3.66. The number of rotatable bonds is 8. The van der Waals surface area contributed by atoms with E-state index in [1.807, 2.05) is 45.9 Å². The van der Waals surface area contributed by atoms with Crippen molar-refractivity contribution >= 4 is 41.5 Å². The molecule has 154 valence electrons. The van der Waals surface area contributed by atoms with Crippen molar-refractivity contribution in [2.45, 2.75) is 53.1 Å². The largest absolute Gasteiger partial charge is 0.380 e. The van der Waals surface area contributed by atoms with Crippen LogP contribution in [0.25, 0.3) is 0 Å². The van der Waals surface area contributed by atoms with Gasteiger partial charge in [-0.05, 0) is 45.7 Å². The zero-order chi connectivity index (χ0) is 19.6. The average molecular weight is 489 g/mol. The summed E-state index contributed by atoms with van der Waals surface area (Å²) in [5, 5.41) is 13.0. The number of hydrogen-bond acceptors (Lipinski definition) is 3. The Labute approximate surface area is 181 Å². The summed E-state index contributed by atoms with van der Waals surface area (Å²) in [6.07, 6.45) is 0. The van der Waals surface area contributed by atoms with Crippen molar-refractivity contribution in [2.24, 2.45) is 10.9 Å². The Morgan fingerprint density at radius 2 is 1.74 bits per heavy atom. The van der Waals surface area contributed by atoms with E-state index in [0.717, 1.165) is 12.2 Å². The van der Waals surface area contributed by atoms with E-state index in [1.54, 1.807) is 0 Å². The van der Waals surface area contributed by atoms with Crippen LogP contribution in [0, 0.1) is 5.92 Å². The van der Waals surface area contributed by atoms with Crippen LogP contribution in [-0.4, -0.2) is 43.1 Å². The first-order valence-corrected chi connectivity index (χ1v) is 9.36. The molecule has 0 aliphatic rings. The summed E-state index contributed by atoms with van der Waals surface area (Å²) in [7, 11) is 0.